The fourth-order valence-electron chi connectivity index (χ4n) is 3.73. The zero-order chi connectivity index (χ0) is 24.1. The molecule has 2 aromatic carbocycles. The Kier molecular flexibility index (Phi) is 7.28. The van der Waals surface area contributed by atoms with Crippen molar-refractivity contribution in [2.45, 2.75) is 5.75 Å². The molecule has 0 atom stereocenters. The van der Waals surface area contributed by atoms with Crippen molar-refractivity contribution in [2.75, 3.05) is 31.1 Å². The number of pyridine rings is 1. The standard InChI is InChI=1S/C24H23BrN4O4S/c25-21-14-20(15-26-16-21)24(31)29-12-10-28(11-13-29)22-8-6-19(7-9-22)23(30)27-34(32,33)17-18-4-2-1-3-5-18/h1-9,14-16H,10-13,17H2,(H,27,30). The third-order valence-electron chi connectivity index (χ3n) is 5.46. The minimum absolute atomic E-state index is 0.0582. The second kappa shape index (κ2) is 10.4. The first-order valence-corrected chi connectivity index (χ1v) is 13.1. The number of rotatable bonds is 6. The monoisotopic (exact) mass is 542 g/mol. The highest BCUT2D eigenvalue weighted by Crippen LogP contribution is 2.19. The molecule has 1 aliphatic heterocycles. The van der Waals surface area contributed by atoms with Crippen molar-refractivity contribution in [3.05, 3.63) is 94.2 Å². The number of nitrogens with zero attached hydrogens (tertiary/aromatic N) is 3. The van der Waals surface area contributed by atoms with E-state index in [4.69, 9.17) is 0 Å². The summed E-state index contributed by atoms with van der Waals surface area (Å²) < 4.78 is 27.5. The molecule has 176 valence electrons. The quantitative estimate of drug-likeness (QED) is 0.513. The highest BCUT2D eigenvalue weighted by molar-refractivity contribution is 9.10. The summed E-state index contributed by atoms with van der Waals surface area (Å²) in [4.78, 5) is 33.1. The number of halogens is 1. The van der Waals surface area contributed by atoms with Crippen LogP contribution in [-0.2, 0) is 15.8 Å². The smallest absolute Gasteiger partial charge is 0.264 e. The number of sulfonamides is 1. The van der Waals surface area contributed by atoms with E-state index in [0.717, 1.165) is 10.2 Å². The van der Waals surface area contributed by atoms with Crippen LogP contribution in [0.25, 0.3) is 0 Å². The van der Waals surface area contributed by atoms with Gasteiger partial charge in [-0.2, -0.15) is 0 Å². The first-order chi connectivity index (χ1) is 16.3. The third-order valence-corrected chi connectivity index (χ3v) is 7.10. The maximum Gasteiger partial charge on any atom is 0.264 e. The molecule has 0 bridgehead atoms. The van der Waals surface area contributed by atoms with E-state index in [2.05, 4.69) is 30.5 Å². The molecule has 1 saturated heterocycles. The van der Waals surface area contributed by atoms with Crippen LogP contribution in [-0.4, -0.2) is 56.3 Å². The van der Waals surface area contributed by atoms with E-state index in [-0.39, 0.29) is 17.2 Å². The Labute approximate surface area is 206 Å². The fourth-order valence-corrected chi connectivity index (χ4v) is 5.20. The number of aromatic nitrogens is 1. The van der Waals surface area contributed by atoms with E-state index >= 15 is 0 Å². The van der Waals surface area contributed by atoms with Crippen molar-refractivity contribution in [1.82, 2.24) is 14.6 Å². The summed E-state index contributed by atoms with van der Waals surface area (Å²) in [6, 6.07) is 17.2. The molecule has 3 aromatic rings. The van der Waals surface area contributed by atoms with E-state index in [1.165, 1.54) is 0 Å². The predicted molar refractivity (Wildman–Crippen MR) is 133 cm³/mol. The Bertz CT molecular complexity index is 1280. The lowest BCUT2D eigenvalue weighted by molar-refractivity contribution is 0.0746. The second-order valence-corrected chi connectivity index (χ2v) is 10.5. The first kappa shape index (κ1) is 23.9. The highest BCUT2D eigenvalue weighted by Gasteiger charge is 2.23. The zero-order valence-corrected chi connectivity index (χ0v) is 20.6. The fraction of sp³-hybridized carbons (Fsp3) is 0.208. The molecule has 0 unspecified atom stereocenters. The Hall–Kier alpha value is -3.24. The molecule has 1 aliphatic rings. The van der Waals surface area contributed by atoms with Crippen molar-refractivity contribution in [2.24, 2.45) is 0 Å². The van der Waals surface area contributed by atoms with Crippen LogP contribution in [0.5, 0.6) is 0 Å². The van der Waals surface area contributed by atoms with Crippen LogP contribution >= 0.6 is 15.9 Å². The van der Waals surface area contributed by atoms with Crippen LogP contribution in [0.2, 0.25) is 0 Å². The van der Waals surface area contributed by atoms with Gasteiger partial charge < -0.3 is 9.80 Å². The Morgan fingerprint density at radius 2 is 1.59 bits per heavy atom. The van der Waals surface area contributed by atoms with Gasteiger partial charge in [0.25, 0.3) is 11.8 Å². The Morgan fingerprint density at radius 1 is 0.912 bits per heavy atom. The maximum atomic E-state index is 12.7. The number of hydrogen-bond donors (Lipinski definition) is 1. The minimum Gasteiger partial charge on any atom is -0.368 e. The number of amides is 2. The van der Waals surface area contributed by atoms with Gasteiger partial charge >= 0.3 is 0 Å². The van der Waals surface area contributed by atoms with E-state index in [1.54, 1.807) is 78.0 Å². The van der Waals surface area contributed by atoms with Gasteiger partial charge in [-0.3, -0.25) is 14.6 Å². The summed E-state index contributed by atoms with van der Waals surface area (Å²) >= 11 is 3.34. The summed E-state index contributed by atoms with van der Waals surface area (Å²) in [7, 11) is -3.81. The molecular formula is C24H23BrN4O4S. The molecule has 1 fully saturated rings. The SMILES string of the molecule is O=C(NS(=O)(=O)Cc1ccccc1)c1ccc(N2CCN(C(=O)c3cncc(Br)c3)CC2)cc1. The van der Waals surface area contributed by atoms with Crippen LogP contribution in [0, 0.1) is 0 Å². The predicted octanol–water partition coefficient (Wildman–Crippen LogP) is 3.07. The van der Waals surface area contributed by atoms with Crippen LogP contribution < -0.4 is 9.62 Å². The minimum atomic E-state index is -3.81. The maximum absolute atomic E-state index is 12.7. The van der Waals surface area contributed by atoms with Gasteiger partial charge in [-0.15, -0.1) is 0 Å². The number of piperazine rings is 1. The molecule has 8 nitrogen and oxygen atoms in total. The number of carbonyl (C=O) groups excluding carboxylic acids is 2. The van der Waals surface area contributed by atoms with Crippen molar-refractivity contribution in [1.29, 1.82) is 0 Å². The molecule has 4 rings (SSSR count). The number of benzene rings is 2. The van der Waals surface area contributed by atoms with E-state index in [1.807, 2.05) is 0 Å². The summed E-state index contributed by atoms with van der Waals surface area (Å²) in [5.41, 5.74) is 2.31. The van der Waals surface area contributed by atoms with Gasteiger partial charge in [0.15, 0.2) is 0 Å². The number of hydrogen-bond acceptors (Lipinski definition) is 6. The number of anilines is 1. The summed E-state index contributed by atoms with van der Waals surface area (Å²) in [6.07, 6.45) is 3.20. The Morgan fingerprint density at radius 3 is 2.24 bits per heavy atom. The number of carbonyl (C=O) groups is 2. The average molecular weight is 543 g/mol. The van der Waals surface area contributed by atoms with Crippen molar-refractivity contribution >= 4 is 43.5 Å². The van der Waals surface area contributed by atoms with Crippen LogP contribution in [0.1, 0.15) is 26.3 Å². The third kappa shape index (κ3) is 6.00. The van der Waals surface area contributed by atoms with Crippen molar-refractivity contribution < 1.29 is 18.0 Å². The first-order valence-electron chi connectivity index (χ1n) is 10.6. The largest absolute Gasteiger partial charge is 0.368 e. The molecular weight excluding hydrogens is 520 g/mol. The molecule has 0 radical (unpaired) electrons. The molecule has 10 heteroatoms. The van der Waals surface area contributed by atoms with Gasteiger partial charge in [-0.25, -0.2) is 13.1 Å². The van der Waals surface area contributed by atoms with Crippen molar-refractivity contribution in [3.8, 4) is 0 Å². The molecule has 34 heavy (non-hydrogen) atoms. The summed E-state index contributed by atoms with van der Waals surface area (Å²) in [6.45, 7) is 2.41. The van der Waals surface area contributed by atoms with Crippen LogP contribution in [0.15, 0.2) is 77.5 Å². The molecule has 2 heterocycles. The molecule has 1 aromatic heterocycles. The van der Waals surface area contributed by atoms with Crippen molar-refractivity contribution in [3.63, 3.8) is 0 Å². The lowest BCUT2D eigenvalue weighted by Gasteiger charge is -2.36. The van der Waals surface area contributed by atoms with Gasteiger partial charge in [0, 0.05) is 54.3 Å². The highest BCUT2D eigenvalue weighted by atomic mass is 79.9. The summed E-state index contributed by atoms with van der Waals surface area (Å²) in [5, 5.41) is 0. The summed E-state index contributed by atoms with van der Waals surface area (Å²) in [5.74, 6) is -0.992. The Balaban J connectivity index is 1.33. The zero-order valence-electron chi connectivity index (χ0n) is 18.2. The second-order valence-electron chi connectivity index (χ2n) is 7.89. The molecule has 0 spiro atoms. The van der Waals surface area contributed by atoms with Gasteiger partial charge in [0.05, 0.1) is 11.3 Å². The molecule has 1 N–H and O–H groups in total. The topological polar surface area (TPSA) is 99.7 Å². The lowest BCUT2D eigenvalue weighted by Crippen LogP contribution is -2.48. The van der Waals surface area contributed by atoms with E-state index in [0.29, 0.717) is 37.3 Å². The molecule has 0 saturated carbocycles. The average Bonchev–Trinajstić information content (AvgIpc) is 2.84. The van der Waals surface area contributed by atoms with Gasteiger partial charge in [-0.1, -0.05) is 30.3 Å². The number of nitrogens with one attached hydrogen (secondary N) is 1. The van der Waals surface area contributed by atoms with Gasteiger partial charge in [0.2, 0.25) is 10.0 Å². The van der Waals surface area contributed by atoms with E-state index < -0.39 is 15.9 Å². The van der Waals surface area contributed by atoms with Crippen LogP contribution in [0.3, 0.4) is 0 Å². The molecule has 0 aliphatic carbocycles. The normalized spacial score (nSPS) is 14.0. The van der Waals surface area contributed by atoms with Gasteiger partial charge in [-0.05, 0) is 51.8 Å². The molecule has 2 amide bonds. The van der Waals surface area contributed by atoms with Crippen LogP contribution in [0.4, 0.5) is 5.69 Å². The van der Waals surface area contributed by atoms with E-state index in [9.17, 15) is 18.0 Å². The lowest BCUT2D eigenvalue weighted by atomic mass is 10.1. The van der Waals surface area contributed by atoms with Gasteiger partial charge in [0.1, 0.15) is 0 Å².